The molecular formula is C21H27NO2. The first-order chi connectivity index (χ1) is 11.7. The fraction of sp³-hybridized carbons (Fsp3) is 0.381. The van der Waals surface area contributed by atoms with Crippen LogP contribution in [0.5, 0.6) is 0 Å². The van der Waals surface area contributed by atoms with Crippen LogP contribution in [-0.2, 0) is 17.8 Å². The third-order valence-corrected chi connectivity index (χ3v) is 4.06. The van der Waals surface area contributed by atoms with Crippen LogP contribution in [0.15, 0.2) is 48.5 Å². The Hall–Kier alpha value is -2.29. The van der Waals surface area contributed by atoms with Gasteiger partial charge in [0.25, 0.3) is 0 Å². The molecule has 0 aromatic heterocycles. The van der Waals surface area contributed by atoms with Gasteiger partial charge in [-0.05, 0) is 42.5 Å². The molecule has 3 nitrogen and oxygen atoms in total. The van der Waals surface area contributed by atoms with Crippen LogP contribution in [0.4, 0.5) is 10.5 Å². The summed E-state index contributed by atoms with van der Waals surface area (Å²) in [6, 6.07) is 15.9. The molecule has 0 heterocycles. The first-order valence-electron chi connectivity index (χ1n) is 8.76. The second-order valence-corrected chi connectivity index (χ2v) is 6.15. The second kappa shape index (κ2) is 9.76. The van der Waals surface area contributed by atoms with Gasteiger partial charge in [0.1, 0.15) is 6.61 Å². The number of aryl methyl sites for hydroxylation is 2. The number of ether oxygens (including phenoxy) is 1. The van der Waals surface area contributed by atoms with E-state index in [1.54, 1.807) is 0 Å². The number of benzene rings is 2. The molecule has 0 atom stereocenters. The highest BCUT2D eigenvalue weighted by Gasteiger charge is 2.07. The van der Waals surface area contributed by atoms with E-state index in [1.165, 1.54) is 31.2 Å². The highest BCUT2D eigenvalue weighted by molar-refractivity contribution is 5.85. The highest BCUT2D eigenvalue weighted by Crippen LogP contribution is 2.18. The number of carbonyl (C=O) groups is 1. The summed E-state index contributed by atoms with van der Waals surface area (Å²) in [7, 11) is 0. The lowest BCUT2D eigenvalue weighted by atomic mass is 10.0. The zero-order valence-corrected chi connectivity index (χ0v) is 14.7. The van der Waals surface area contributed by atoms with Gasteiger partial charge < -0.3 is 4.74 Å². The van der Waals surface area contributed by atoms with Crippen molar-refractivity contribution in [3.63, 3.8) is 0 Å². The number of anilines is 1. The van der Waals surface area contributed by atoms with Gasteiger partial charge in [0, 0.05) is 5.69 Å². The van der Waals surface area contributed by atoms with Crippen LogP contribution in [0.2, 0.25) is 0 Å². The molecule has 2 aromatic carbocycles. The number of hydrogen-bond acceptors (Lipinski definition) is 2. The molecule has 0 aliphatic heterocycles. The predicted molar refractivity (Wildman–Crippen MR) is 99.3 cm³/mol. The number of amides is 1. The SMILES string of the molecule is CCCCCCc1ccc(NC(=O)OCc2ccccc2)c(C)c1. The normalized spacial score (nSPS) is 10.4. The van der Waals surface area contributed by atoms with Crippen LogP contribution < -0.4 is 5.32 Å². The minimum Gasteiger partial charge on any atom is -0.444 e. The second-order valence-electron chi connectivity index (χ2n) is 6.15. The van der Waals surface area contributed by atoms with E-state index in [0.29, 0.717) is 0 Å². The maximum atomic E-state index is 11.9. The number of hydrogen-bond donors (Lipinski definition) is 1. The van der Waals surface area contributed by atoms with Gasteiger partial charge in [0.05, 0.1) is 0 Å². The summed E-state index contributed by atoms with van der Waals surface area (Å²) in [5.41, 5.74) is 4.18. The molecule has 1 amide bonds. The minimum atomic E-state index is -0.419. The molecule has 0 saturated carbocycles. The monoisotopic (exact) mass is 325 g/mol. The van der Waals surface area contributed by atoms with E-state index in [1.807, 2.05) is 43.3 Å². The Labute approximate surface area is 145 Å². The lowest BCUT2D eigenvalue weighted by Gasteiger charge is -2.11. The van der Waals surface area contributed by atoms with E-state index in [4.69, 9.17) is 4.74 Å². The van der Waals surface area contributed by atoms with Gasteiger partial charge in [-0.15, -0.1) is 0 Å². The van der Waals surface area contributed by atoms with Gasteiger partial charge in [0.2, 0.25) is 0 Å². The topological polar surface area (TPSA) is 38.3 Å². The Kier molecular flexibility index (Phi) is 7.34. The van der Waals surface area contributed by atoms with Crippen molar-refractivity contribution in [2.45, 2.75) is 52.6 Å². The van der Waals surface area contributed by atoms with Crippen LogP contribution in [0, 0.1) is 6.92 Å². The van der Waals surface area contributed by atoms with E-state index in [-0.39, 0.29) is 6.61 Å². The molecule has 0 fully saturated rings. The van der Waals surface area contributed by atoms with E-state index in [0.717, 1.165) is 23.2 Å². The Morgan fingerprint density at radius 1 is 1.00 bits per heavy atom. The fourth-order valence-corrected chi connectivity index (χ4v) is 2.65. The van der Waals surface area contributed by atoms with Crippen LogP contribution in [0.3, 0.4) is 0 Å². The van der Waals surface area contributed by atoms with Gasteiger partial charge in [0.15, 0.2) is 0 Å². The van der Waals surface area contributed by atoms with Crippen molar-refractivity contribution in [3.8, 4) is 0 Å². The number of carbonyl (C=O) groups excluding carboxylic acids is 1. The molecule has 2 rings (SSSR count). The van der Waals surface area contributed by atoms with Gasteiger partial charge in [-0.25, -0.2) is 4.79 Å². The van der Waals surface area contributed by atoms with E-state index in [9.17, 15) is 4.79 Å². The van der Waals surface area contributed by atoms with Crippen LogP contribution in [0.1, 0.15) is 49.3 Å². The molecule has 128 valence electrons. The first-order valence-corrected chi connectivity index (χ1v) is 8.76. The fourth-order valence-electron chi connectivity index (χ4n) is 2.65. The Bertz CT molecular complexity index is 638. The van der Waals surface area contributed by atoms with Crippen molar-refractivity contribution >= 4 is 11.8 Å². The van der Waals surface area contributed by atoms with E-state index >= 15 is 0 Å². The minimum absolute atomic E-state index is 0.279. The van der Waals surface area contributed by atoms with Gasteiger partial charge >= 0.3 is 6.09 Å². The zero-order chi connectivity index (χ0) is 17.2. The molecule has 3 heteroatoms. The predicted octanol–water partition coefficient (Wildman–Crippen LogP) is 5.87. The largest absolute Gasteiger partial charge is 0.444 e. The average molecular weight is 325 g/mol. The van der Waals surface area contributed by atoms with Crippen molar-refractivity contribution in [2.24, 2.45) is 0 Å². The van der Waals surface area contributed by atoms with Crippen LogP contribution in [0.25, 0.3) is 0 Å². The third kappa shape index (κ3) is 6.07. The highest BCUT2D eigenvalue weighted by atomic mass is 16.5. The summed E-state index contributed by atoms with van der Waals surface area (Å²) in [5, 5.41) is 2.82. The molecule has 0 aliphatic carbocycles. The third-order valence-electron chi connectivity index (χ3n) is 4.06. The molecule has 0 unspecified atom stereocenters. The van der Waals surface area contributed by atoms with Crippen molar-refractivity contribution < 1.29 is 9.53 Å². The number of unbranched alkanes of at least 4 members (excludes halogenated alkanes) is 3. The summed E-state index contributed by atoms with van der Waals surface area (Å²) >= 11 is 0. The Balaban J connectivity index is 1.82. The Morgan fingerprint density at radius 2 is 1.79 bits per heavy atom. The van der Waals surface area contributed by atoms with Gasteiger partial charge in [-0.2, -0.15) is 0 Å². The molecule has 0 aliphatic rings. The maximum absolute atomic E-state index is 11.9. The summed E-state index contributed by atoms with van der Waals surface area (Å²) in [6.07, 6.45) is 5.73. The van der Waals surface area contributed by atoms with Gasteiger partial charge in [-0.3, -0.25) is 5.32 Å². The van der Waals surface area contributed by atoms with Crippen molar-refractivity contribution in [3.05, 3.63) is 65.2 Å². The molecule has 1 N–H and O–H groups in total. The van der Waals surface area contributed by atoms with Crippen molar-refractivity contribution in [1.82, 2.24) is 0 Å². The molecule has 2 aromatic rings. The summed E-state index contributed by atoms with van der Waals surface area (Å²) in [5.74, 6) is 0. The van der Waals surface area contributed by atoms with Crippen LogP contribution in [-0.4, -0.2) is 6.09 Å². The standard InChI is InChI=1S/C21H27NO2/c1-3-4-5-7-10-18-13-14-20(17(2)15-18)22-21(23)24-16-19-11-8-6-9-12-19/h6,8-9,11-15H,3-5,7,10,16H2,1-2H3,(H,22,23). The number of rotatable bonds is 8. The quantitative estimate of drug-likeness (QED) is 0.617. The van der Waals surface area contributed by atoms with Gasteiger partial charge in [-0.1, -0.05) is 68.7 Å². The smallest absolute Gasteiger partial charge is 0.411 e. The Morgan fingerprint density at radius 3 is 2.50 bits per heavy atom. The maximum Gasteiger partial charge on any atom is 0.411 e. The lowest BCUT2D eigenvalue weighted by molar-refractivity contribution is 0.155. The average Bonchev–Trinajstić information content (AvgIpc) is 2.60. The van der Waals surface area contributed by atoms with E-state index < -0.39 is 6.09 Å². The molecule has 24 heavy (non-hydrogen) atoms. The molecule has 0 radical (unpaired) electrons. The summed E-state index contributed by atoms with van der Waals surface area (Å²) < 4.78 is 5.26. The molecule has 0 bridgehead atoms. The summed E-state index contributed by atoms with van der Waals surface area (Å²) in [6.45, 7) is 4.52. The first kappa shape index (κ1) is 18.1. The van der Waals surface area contributed by atoms with Crippen molar-refractivity contribution in [1.29, 1.82) is 0 Å². The molecule has 0 spiro atoms. The molecular weight excluding hydrogens is 298 g/mol. The molecule has 0 saturated heterocycles. The van der Waals surface area contributed by atoms with Crippen LogP contribution >= 0.6 is 0 Å². The lowest BCUT2D eigenvalue weighted by Crippen LogP contribution is -2.14. The number of nitrogens with one attached hydrogen (secondary N) is 1. The zero-order valence-electron chi connectivity index (χ0n) is 14.7. The van der Waals surface area contributed by atoms with Crippen molar-refractivity contribution in [2.75, 3.05) is 5.32 Å². The summed E-state index contributed by atoms with van der Waals surface area (Å²) in [4.78, 5) is 11.9. The van der Waals surface area contributed by atoms with E-state index in [2.05, 4.69) is 24.4 Å².